The van der Waals surface area contributed by atoms with Crippen LogP contribution in [0.15, 0.2) is 6.33 Å². The van der Waals surface area contributed by atoms with Crippen molar-refractivity contribution in [2.24, 2.45) is 5.73 Å². The summed E-state index contributed by atoms with van der Waals surface area (Å²) in [5.74, 6) is -2.54. The Morgan fingerprint density at radius 3 is 2.79 bits per heavy atom. The van der Waals surface area contributed by atoms with Gasteiger partial charge in [-0.1, -0.05) is 0 Å². The molecule has 0 radical (unpaired) electrons. The Bertz CT molecular complexity index is 853. The van der Waals surface area contributed by atoms with Gasteiger partial charge in [-0.15, -0.1) is 0 Å². The number of carbonyl (C=O) groups is 4. The Morgan fingerprint density at radius 2 is 2.17 bits per heavy atom. The smallest absolute Gasteiger partial charge is 0.368 e. The number of imidazole rings is 1. The zero-order chi connectivity index (χ0) is 21.1. The Morgan fingerprint density at radius 1 is 1.41 bits per heavy atom. The molecule has 156 valence electrons. The van der Waals surface area contributed by atoms with Crippen molar-refractivity contribution in [3.8, 4) is 0 Å². The van der Waals surface area contributed by atoms with Crippen molar-refractivity contribution in [2.45, 2.75) is 50.2 Å². The molecule has 0 aliphatic carbocycles. The number of likely N-dealkylation sites (tertiary alicyclic amines) is 1. The number of amides is 4. The second kappa shape index (κ2) is 8.24. The van der Waals surface area contributed by atoms with Crippen LogP contribution in [0, 0.1) is 10.1 Å². The third-order valence-electron chi connectivity index (χ3n) is 5.07. The van der Waals surface area contributed by atoms with Crippen molar-refractivity contribution in [1.29, 1.82) is 0 Å². The van der Waals surface area contributed by atoms with Gasteiger partial charge in [-0.3, -0.25) is 19.2 Å². The fourth-order valence-electron chi connectivity index (χ4n) is 3.64. The highest BCUT2D eigenvalue weighted by atomic mass is 16.6. The number of nitrogens with two attached hydrogens (primary N) is 1. The molecule has 0 aromatic carbocycles. The van der Waals surface area contributed by atoms with Gasteiger partial charge in [0.05, 0.1) is 0 Å². The molecule has 2 aliphatic heterocycles. The minimum Gasteiger partial charge on any atom is -0.368 e. The van der Waals surface area contributed by atoms with Gasteiger partial charge in [-0.05, 0) is 29.2 Å². The van der Waals surface area contributed by atoms with E-state index in [1.165, 1.54) is 4.90 Å². The van der Waals surface area contributed by atoms with Crippen molar-refractivity contribution in [2.75, 3.05) is 6.54 Å². The van der Waals surface area contributed by atoms with E-state index in [0.717, 1.165) is 6.33 Å². The van der Waals surface area contributed by atoms with E-state index >= 15 is 0 Å². The number of carbonyl (C=O) groups excluding carboxylic acids is 4. The molecule has 2 saturated heterocycles. The fourth-order valence-corrected chi connectivity index (χ4v) is 3.64. The lowest BCUT2D eigenvalue weighted by Gasteiger charge is -2.28. The fraction of sp³-hybridized carbons (Fsp3) is 0.562. The number of nitrogens with one attached hydrogen (secondary N) is 3. The van der Waals surface area contributed by atoms with Crippen molar-refractivity contribution in [3.05, 3.63) is 22.1 Å². The molecule has 3 unspecified atom stereocenters. The average molecular weight is 407 g/mol. The maximum absolute atomic E-state index is 13.1. The van der Waals surface area contributed by atoms with Gasteiger partial charge in [-0.25, -0.2) is 0 Å². The van der Waals surface area contributed by atoms with Crippen LogP contribution in [-0.2, 0) is 25.6 Å². The SMILES string of the molecule is NC(=O)C1CCCN1C(=O)C(Cc1[nH]cnc1[N+](=O)[O-])NC(=O)C1CCC(=O)N1. The number of primary amides is 1. The largest absolute Gasteiger partial charge is 0.384 e. The van der Waals surface area contributed by atoms with E-state index in [0.29, 0.717) is 12.8 Å². The maximum atomic E-state index is 13.1. The summed E-state index contributed by atoms with van der Waals surface area (Å²) in [6.45, 7) is 0.282. The average Bonchev–Trinajstić information content (AvgIpc) is 3.40. The van der Waals surface area contributed by atoms with Gasteiger partial charge in [0, 0.05) is 19.4 Å². The molecular formula is C16H21N7O6. The van der Waals surface area contributed by atoms with Crippen LogP contribution >= 0.6 is 0 Å². The predicted octanol–water partition coefficient (Wildman–Crippen LogP) is -1.90. The van der Waals surface area contributed by atoms with Crippen LogP contribution in [0.4, 0.5) is 5.82 Å². The quantitative estimate of drug-likeness (QED) is 0.299. The van der Waals surface area contributed by atoms with E-state index in [1.54, 1.807) is 0 Å². The van der Waals surface area contributed by atoms with E-state index in [4.69, 9.17) is 5.73 Å². The third-order valence-corrected chi connectivity index (χ3v) is 5.07. The first kappa shape index (κ1) is 20.2. The van der Waals surface area contributed by atoms with E-state index in [9.17, 15) is 29.3 Å². The Labute approximate surface area is 164 Å². The number of rotatable bonds is 7. The molecule has 29 heavy (non-hydrogen) atoms. The van der Waals surface area contributed by atoms with Gasteiger partial charge in [0.25, 0.3) is 0 Å². The highest BCUT2D eigenvalue weighted by molar-refractivity contribution is 5.95. The first-order valence-corrected chi connectivity index (χ1v) is 9.14. The van der Waals surface area contributed by atoms with Crippen LogP contribution in [0.2, 0.25) is 0 Å². The molecule has 0 saturated carbocycles. The van der Waals surface area contributed by atoms with Crippen molar-refractivity contribution in [1.82, 2.24) is 25.5 Å². The van der Waals surface area contributed by atoms with Crippen LogP contribution in [0.3, 0.4) is 0 Å². The van der Waals surface area contributed by atoms with Gasteiger partial charge in [0.2, 0.25) is 30.0 Å². The zero-order valence-corrected chi connectivity index (χ0v) is 15.4. The summed E-state index contributed by atoms with van der Waals surface area (Å²) in [5.41, 5.74) is 5.42. The van der Waals surface area contributed by atoms with Crippen LogP contribution < -0.4 is 16.4 Å². The summed E-state index contributed by atoms with van der Waals surface area (Å²) in [4.78, 5) is 66.6. The number of hydrogen-bond acceptors (Lipinski definition) is 7. The third kappa shape index (κ3) is 4.33. The molecule has 4 amide bonds. The number of H-pyrrole nitrogens is 1. The summed E-state index contributed by atoms with van der Waals surface area (Å²) < 4.78 is 0. The van der Waals surface area contributed by atoms with Gasteiger partial charge in [-0.2, -0.15) is 0 Å². The molecule has 1 aromatic heterocycles. The monoisotopic (exact) mass is 407 g/mol. The normalized spacial score (nSPS) is 22.2. The second-order valence-electron chi connectivity index (χ2n) is 6.98. The molecule has 3 rings (SSSR count). The van der Waals surface area contributed by atoms with Gasteiger partial charge in [0.15, 0.2) is 0 Å². The Kier molecular flexibility index (Phi) is 5.75. The molecule has 0 bridgehead atoms. The lowest BCUT2D eigenvalue weighted by atomic mass is 10.1. The first-order chi connectivity index (χ1) is 13.8. The van der Waals surface area contributed by atoms with Crippen LogP contribution in [0.5, 0.6) is 0 Å². The molecule has 1 aromatic rings. The molecule has 3 atom stereocenters. The molecule has 5 N–H and O–H groups in total. The van der Waals surface area contributed by atoms with Gasteiger partial charge >= 0.3 is 5.82 Å². The summed E-state index contributed by atoms with van der Waals surface area (Å²) in [5, 5.41) is 16.2. The van der Waals surface area contributed by atoms with Gasteiger partial charge < -0.3 is 36.4 Å². The predicted molar refractivity (Wildman–Crippen MR) is 96.0 cm³/mol. The number of nitrogens with zero attached hydrogens (tertiary/aromatic N) is 3. The summed E-state index contributed by atoms with van der Waals surface area (Å²) in [6, 6.07) is -2.79. The Hall–Kier alpha value is -3.51. The molecule has 2 aliphatic rings. The number of nitro groups is 1. The van der Waals surface area contributed by atoms with Gasteiger partial charge in [0.1, 0.15) is 23.8 Å². The molecule has 13 heteroatoms. The zero-order valence-electron chi connectivity index (χ0n) is 15.4. The standard InChI is InChI=1S/C16H21N7O6/c17-13(25)11-2-1-5-22(11)16(27)10(6-9-14(23(28)29)19-7-18-9)21-15(26)8-3-4-12(24)20-8/h7-8,10-11H,1-6H2,(H2,17,25)(H,18,19)(H,20,24)(H,21,26). The van der Waals surface area contributed by atoms with Crippen LogP contribution in [0.1, 0.15) is 31.4 Å². The molecule has 13 nitrogen and oxygen atoms in total. The number of aromatic nitrogens is 2. The van der Waals surface area contributed by atoms with E-state index in [2.05, 4.69) is 20.6 Å². The molecule has 0 spiro atoms. The van der Waals surface area contributed by atoms with Crippen molar-refractivity contribution >= 4 is 29.4 Å². The van der Waals surface area contributed by atoms with E-state index in [-0.39, 0.29) is 37.4 Å². The summed E-state index contributed by atoms with van der Waals surface area (Å²) >= 11 is 0. The van der Waals surface area contributed by atoms with Crippen molar-refractivity contribution < 1.29 is 24.1 Å². The first-order valence-electron chi connectivity index (χ1n) is 9.14. The minimum absolute atomic E-state index is 0.0546. The highest BCUT2D eigenvalue weighted by Gasteiger charge is 2.39. The highest BCUT2D eigenvalue weighted by Crippen LogP contribution is 2.21. The molecular weight excluding hydrogens is 386 g/mol. The van der Waals surface area contributed by atoms with Crippen molar-refractivity contribution in [3.63, 3.8) is 0 Å². The summed E-state index contributed by atoms with van der Waals surface area (Å²) in [7, 11) is 0. The minimum atomic E-state index is -1.20. The molecule has 3 heterocycles. The molecule has 2 fully saturated rings. The second-order valence-corrected chi connectivity index (χ2v) is 6.98. The maximum Gasteiger partial charge on any atom is 0.384 e. The Balaban J connectivity index is 1.82. The topological polar surface area (TPSA) is 193 Å². The number of hydrogen-bond donors (Lipinski definition) is 4. The van der Waals surface area contributed by atoms with E-state index in [1.807, 2.05) is 0 Å². The lowest BCUT2D eigenvalue weighted by molar-refractivity contribution is -0.390. The van der Waals surface area contributed by atoms with Crippen LogP contribution in [0.25, 0.3) is 0 Å². The lowest BCUT2D eigenvalue weighted by Crippen LogP contribution is -2.56. The summed E-state index contributed by atoms with van der Waals surface area (Å²) in [6.07, 6.45) is 2.34. The number of aromatic amines is 1. The van der Waals surface area contributed by atoms with E-state index < -0.39 is 46.6 Å². The van der Waals surface area contributed by atoms with Crippen LogP contribution in [-0.4, -0.2) is 68.1 Å².